The second-order valence-corrected chi connectivity index (χ2v) is 4.93. The third-order valence-corrected chi connectivity index (χ3v) is 3.65. The molecule has 1 aromatic heterocycles. The number of hydrogen-bond acceptors (Lipinski definition) is 3. The molecule has 0 aliphatic carbocycles. The lowest BCUT2D eigenvalue weighted by atomic mass is 10.1. The van der Waals surface area contributed by atoms with Crippen LogP contribution < -0.4 is 4.74 Å². The first kappa shape index (κ1) is 15.2. The van der Waals surface area contributed by atoms with Gasteiger partial charge in [-0.2, -0.15) is 5.10 Å². The van der Waals surface area contributed by atoms with Crippen LogP contribution in [0, 0.1) is 19.7 Å². The second kappa shape index (κ2) is 6.08. The van der Waals surface area contributed by atoms with E-state index in [2.05, 4.69) is 12.0 Å². The number of nitrogens with zero attached hydrogens (tertiary/aromatic N) is 2. The summed E-state index contributed by atoms with van der Waals surface area (Å²) in [5, 5.41) is 4.38. The molecule has 0 amide bonds. The van der Waals surface area contributed by atoms with Crippen molar-refractivity contribution in [2.75, 3.05) is 7.11 Å². The molecule has 1 aromatic carbocycles. The molecule has 0 N–H and O–H groups in total. The van der Waals surface area contributed by atoms with Crippen molar-refractivity contribution in [1.82, 2.24) is 9.78 Å². The van der Waals surface area contributed by atoms with Gasteiger partial charge >= 0.3 is 0 Å². The lowest BCUT2D eigenvalue weighted by molar-refractivity contribution is 0.0966. The summed E-state index contributed by atoms with van der Waals surface area (Å²) in [6, 6.07) is 4.23. The van der Waals surface area contributed by atoms with Crippen molar-refractivity contribution in [1.29, 1.82) is 0 Å². The van der Waals surface area contributed by atoms with Crippen molar-refractivity contribution >= 4 is 5.78 Å². The van der Waals surface area contributed by atoms with Gasteiger partial charge in [0.15, 0.2) is 17.3 Å². The van der Waals surface area contributed by atoms with E-state index in [1.54, 1.807) is 10.7 Å². The molecule has 0 aliphatic heterocycles. The maximum absolute atomic E-state index is 13.7. The highest BCUT2D eigenvalue weighted by Gasteiger charge is 2.15. The molecule has 1 heterocycles. The topological polar surface area (TPSA) is 44.1 Å². The van der Waals surface area contributed by atoms with Gasteiger partial charge in [0.2, 0.25) is 0 Å². The van der Waals surface area contributed by atoms with E-state index in [4.69, 9.17) is 4.74 Å². The Kier molecular flexibility index (Phi) is 4.40. The van der Waals surface area contributed by atoms with Crippen LogP contribution in [0.4, 0.5) is 4.39 Å². The number of rotatable bonds is 5. The van der Waals surface area contributed by atoms with Crippen LogP contribution in [0.1, 0.15) is 34.2 Å². The van der Waals surface area contributed by atoms with Crippen molar-refractivity contribution < 1.29 is 13.9 Å². The number of aryl methyl sites for hydroxylation is 1. The van der Waals surface area contributed by atoms with Crippen LogP contribution in [-0.4, -0.2) is 22.7 Å². The fourth-order valence-corrected chi connectivity index (χ4v) is 2.47. The van der Waals surface area contributed by atoms with Crippen LogP contribution in [0.15, 0.2) is 18.2 Å². The Bertz CT molecular complexity index is 677. The Morgan fingerprint density at radius 1 is 1.38 bits per heavy atom. The van der Waals surface area contributed by atoms with Crippen molar-refractivity contribution in [3.63, 3.8) is 0 Å². The van der Waals surface area contributed by atoms with Gasteiger partial charge in [-0.25, -0.2) is 4.39 Å². The number of halogens is 1. The number of hydrogen-bond donors (Lipinski definition) is 0. The van der Waals surface area contributed by atoms with E-state index in [0.717, 1.165) is 23.4 Å². The molecule has 0 unspecified atom stereocenters. The summed E-state index contributed by atoms with van der Waals surface area (Å²) in [5.41, 5.74) is 3.39. The molecule has 0 bridgehead atoms. The largest absolute Gasteiger partial charge is 0.494 e. The van der Waals surface area contributed by atoms with Gasteiger partial charge in [0.1, 0.15) is 6.54 Å². The molecule has 0 saturated carbocycles. The van der Waals surface area contributed by atoms with Crippen molar-refractivity contribution in [3.8, 4) is 5.75 Å². The third-order valence-electron chi connectivity index (χ3n) is 3.65. The highest BCUT2D eigenvalue weighted by atomic mass is 19.1. The number of aromatic nitrogens is 2. The Hall–Kier alpha value is -2.17. The summed E-state index contributed by atoms with van der Waals surface area (Å²) in [5.74, 6) is -0.582. The standard InChI is InChI=1S/C16H19FN2O2/c1-5-13-10(2)18-19(11(13)3)9-15(20)12-6-7-16(21-4)14(17)8-12/h6-8H,5,9H2,1-4H3. The molecule has 112 valence electrons. The minimum absolute atomic E-state index is 0.110. The number of Topliss-reactive ketones (excluding diaryl/α,β-unsaturated/α-hetero) is 1. The summed E-state index contributed by atoms with van der Waals surface area (Å²) < 4.78 is 20.2. The van der Waals surface area contributed by atoms with E-state index >= 15 is 0 Å². The maximum atomic E-state index is 13.7. The number of carbonyl (C=O) groups is 1. The van der Waals surface area contributed by atoms with Crippen molar-refractivity contribution in [2.24, 2.45) is 0 Å². The molecule has 21 heavy (non-hydrogen) atoms. The van der Waals surface area contributed by atoms with Crippen LogP contribution in [0.3, 0.4) is 0 Å². The van der Waals surface area contributed by atoms with Gasteiger partial charge < -0.3 is 4.74 Å². The summed E-state index contributed by atoms with van der Waals surface area (Å²) in [6.45, 7) is 6.04. The fraction of sp³-hybridized carbons (Fsp3) is 0.375. The van der Waals surface area contributed by atoms with Gasteiger partial charge in [0.05, 0.1) is 12.8 Å². The van der Waals surface area contributed by atoms with Crippen LogP contribution >= 0.6 is 0 Å². The van der Waals surface area contributed by atoms with E-state index in [1.165, 1.54) is 19.2 Å². The Morgan fingerprint density at radius 3 is 2.62 bits per heavy atom. The van der Waals surface area contributed by atoms with Gasteiger partial charge in [-0.3, -0.25) is 9.48 Å². The highest BCUT2D eigenvalue weighted by Crippen LogP contribution is 2.19. The Morgan fingerprint density at radius 2 is 2.10 bits per heavy atom. The number of ether oxygens (including phenoxy) is 1. The van der Waals surface area contributed by atoms with E-state index in [-0.39, 0.29) is 18.1 Å². The third kappa shape index (κ3) is 2.96. The molecular weight excluding hydrogens is 271 g/mol. The van der Waals surface area contributed by atoms with Crippen molar-refractivity contribution in [2.45, 2.75) is 33.7 Å². The number of benzene rings is 1. The van der Waals surface area contributed by atoms with E-state index in [0.29, 0.717) is 5.56 Å². The fourth-order valence-electron chi connectivity index (χ4n) is 2.47. The zero-order valence-corrected chi connectivity index (χ0v) is 12.7. The first-order valence-corrected chi connectivity index (χ1v) is 6.87. The zero-order chi connectivity index (χ0) is 15.6. The molecule has 0 atom stereocenters. The van der Waals surface area contributed by atoms with E-state index in [1.807, 2.05) is 13.8 Å². The van der Waals surface area contributed by atoms with Gasteiger partial charge in [0, 0.05) is 11.3 Å². The smallest absolute Gasteiger partial charge is 0.184 e. The SMILES string of the molecule is CCc1c(C)nn(CC(=O)c2ccc(OC)c(F)c2)c1C. The van der Waals surface area contributed by atoms with E-state index < -0.39 is 5.82 Å². The van der Waals surface area contributed by atoms with Gasteiger partial charge in [-0.1, -0.05) is 6.92 Å². The molecule has 2 aromatic rings. The summed E-state index contributed by atoms with van der Waals surface area (Å²) >= 11 is 0. The minimum Gasteiger partial charge on any atom is -0.494 e. The minimum atomic E-state index is -0.536. The molecule has 0 aliphatic rings. The quantitative estimate of drug-likeness (QED) is 0.795. The molecule has 2 rings (SSSR count). The lowest BCUT2D eigenvalue weighted by Gasteiger charge is -2.06. The normalized spacial score (nSPS) is 10.7. The zero-order valence-electron chi connectivity index (χ0n) is 12.7. The molecule has 0 saturated heterocycles. The first-order chi connectivity index (χ1) is 9.97. The van der Waals surface area contributed by atoms with Gasteiger partial charge in [-0.15, -0.1) is 0 Å². The van der Waals surface area contributed by atoms with Crippen LogP contribution in [0.2, 0.25) is 0 Å². The van der Waals surface area contributed by atoms with Crippen LogP contribution in [0.5, 0.6) is 5.75 Å². The van der Waals surface area contributed by atoms with Gasteiger partial charge in [-0.05, 0) is 44.0 Å². The molecule has 0 radical (unpaired) electrons. The first-order valence-electron chi connectivity index (χ1n) is 6.87. The van der Waals surface area contributed by atoms with Crippen molar-refractivity contribution in [3.05, 3.63) is 46.5 Å². The lowest BCUT2D eigenvalue weighted by Crippen LogP contribution is -2.13. The predicted octanol–water partition coefficient (Wildman–Crippen LogP) is 3.09. The molecular formula is C16H19FN2O2. The predicted molar refractivity (Wildman–Crippen MR) is 78.4 cm³/mol. The highest BCUT2D eigenvalue weighted by molar-refractivity contribution is 5.96. The Labute approximate surface area is 123 Å². The number of methoxy groups -OCH3 is 1. The maximum Gasteiger partial charge on any atom is 0.184 e. The second-order valence-electron chi connectivity index (χ2n) is 4.93. The summed E-state index contributed by atoms with van der Waals surface area (Å²) in [4.78, 5) is 12.3. The number of ketones is 1. The van der Waals surface area contributed by atoms with Gasteiger partial charge in [0.25, 0.3) is 0 Å². The Balaban J connectivity index is 2.24. The van der Waals surface area contributed by atoms with Crippen LogP contribution in [0.25, 0.3) is 0 Å². The number of carbonyl (C=O) groups excluding carboxylic acids is 1. The van der Waals surface area contributed by atoms with Crippen LogP contribution in [-0.2, 0) is 13.0 Å². The average molecular weight is 290 g/mol. The summed E-state index contributed by atoms with van der Waals surface area (Å²) in [6.07, 6.45) is 0.878. The molecule has 0 spiro atoms. The monoisotopic (exact) mass is 290 g/mol. The summed E-state index contributed by atoms with van der Waals surface area (Å²) in [7, 11) is 1.39. The average Bonchev–Trinajstić information content (AvgIpc) is 2.72. The molecule has 5 heteroatoms. The molecule has 4 nitrogen and oxygen atoms in total. The van der Waals surface area contributed by atoms with E-state index in [9.17, 15) is 9.18 Å². The molecule has 0 fully saturated rings.